The molecule has 0 atom stereocenters. The van der Waals surface area contributed by atoms with Gasteiger partial charge in [-0.05, 0) is 25.0 Å². The zero-order valence-electron chi connectivity index (χ0n) is 10.5. The molecule has 2 N–H and O–H groups in total. The first-order valence-corrected chi connectivity index (χ1v) is 6.92. The minimum absolute atomic E-state index is 0.233. The fraction of sp³-hybridized carbons (Fsp3) is 0.385. The second-order valence-electron chi connectivity index (χ2n) is 4.71. The molecular formula is C13H13BrF2N2O2. The smallest absolute Gasteiger partial charge is 0.259 e. The number of hydrogen-bond donors (Lipinski definition) is 1. The van der Waals surface area contributed by atoms with E-state index in [0.29, 0.717) is 12.8 Å². The van der Waals surface area contributed by atoms with E-state index in [1.807, 2.05) is 0 Å². The Morgan fingerprint density at radius 2 is 1.70 bits per heavy atom. The summed E-state index contributed by atoms with van der Waals surface area (Å²) >= 11 is 2.96. The first-order chi connectivity index (χ1) is 9.40. The summed E-state index contributed by atoms with van der Waals surface area (Å²) in [4.78, 5) is 24.5. The van der Waals surface area contributed by atoms with E-state index in [2.05, 4.69) is 15.9 Å². The van der Waals surface area contributed by atoms with E-state index in [9.17, 15) is 18.4 Å². The van der Waals surface area contributed by atoms with Crippen LogP contribution in [0.1, 0.15) is 23.2 Å². The monoisotopic (exact) mass is 346 g/mol. The summed E-state index contributed by atoms with van der Waals surface area (Å²) < 4.78 is 27.7. The van der Waals surface area contributed by atoms with Gasteiger partial charge in [-0.15, -0.1) is 0 Å². The van der Waals surface area contributed by atoms with Crippen LogP contribution in [0.15, 0.2) is 16.6 Å². The molecule has 1 heterocycles. The topological polar surface area (TPSA) is 63.4 Å². The SMILES string of the molecule is NC(=O)C1CCN(C(=O)c2c(F)cc(Br)cc2F)CC1. The number of likely N-dealkylation sites (tertiary alicyclic amines) is 1. The number of rotatable bonds is 2. The average Bonchev–Trinajstić information content (AvgIpc) is 2.37. The summed E-state index contributed by atoms with van der Waals surface area (Å²) in [5, 5.41) is 0. The van der Waals surface area contributed by atoms with Crippen molar-refractivity contribution in [2.75, 3.05) is 13.1 Å². The number of amides is 2. The molecule has 0 aliphatic carbocycles. The van der Waals surface area contributed by atoms with Crippen molar-refractivity contribution in [2.45, 2.75) is 12.8 Å². The largest absolute Gasteiger partial charge is 0.369 e. The van der Waals surface area contributed by atoms with Crippen LogP contribution in [-0.4, -0.2) is 29.8 Å². The molecule has 1 aliphatic rings. The number of nitrogens with zero attached hydrogens (tertiary/aromatic N) is 1. The minimum atomic E-state index is -0.904. The molecule has 1 aliphatic heterocycles. The molecule has 108 valence electrons. The van der Waals surface area contributed by atoms with Gasteiger partial charge in [0.15, 0.2) is 0 Å². The number of carbonyl (C=O) groups excluding carboxylic acids is 2. The first-order valence-electron chi connectivity index (χ1n) is 6.13. The highest BCUT2D eigenvalue weighted by Crippen LogP contribution is 2.23. The van der Waals surface area contributed by atoms with E-state index in [1.165, 1.54) is 4.90 Å². The van der Waals surface area contributed by atoms with Crippen molar-refractivity contribution in [1.29, 1.82) is 0 Å². The summed E-state index contributed by atoms with van der Waals surface area (Å²) in [5.41, 5.74) is 4.63. The van der Waals surface area contributed by atoms with Crippen LogP contribution in [0, 0.1) is 17.6 Å². The van der Waals surface area contributed by atoms with Gasteiger partial charge < -0.3 is 10.6 Å². The number of primary amides is 1. The molecule has 0 unspecified atom stereocenters. The third-order valence-electron chi connectivity index (χ3n) is 3.41. The maximum Gasteiger partial charge on any atom is 0.259 e. The average molecular weight is 347 g/mol. The molecule has 2 rings (SSSR count). The predicted molar refractivity (Wildman–Crippen MR) is 71.9 cm³/mol. The van der Waals surface area contributed by atoms with Gasteiger partial charge in [0.25, 0.3) is 5.91 Å². The van der Waals surface area contributed by atoms with Gasteiger partial charge in [0.1, 0.15) is 17.2 Å². The summed E-state index contributed by atoms with van der Waals surface area (Å²) in [6.45, 7) is 0.531. The van der Waals surface area contributed by atoms with Crippen LogP contribution in [0.3, 0.4) is 0 Å². The van der Waals surface area contributed by atoms with Crippen molar-refractivity contribution >= 4 is 27.7 Å². The Bertz CT molecular complexity index is 534. The molecule has 0 saturated carbocycles. The Hall–Kier alpha value is -1.50. The lowest BCUT2D eigenvalue weighted by Gasteiger charge is -2.30. The lowest BCUT2D eigenvalue weighted by molar-refractivity contribution is -0.123. The van der Waals surface area contributed by atoms with E-state index in [0.717, 1.165) is 12.1 Å². The standard InChI is InChI=1S/C13H13BrF2N2O2/c14-8-5-9(15)11(10(16)6-8)13(20)18-3-1-7(2-4-18)12(17)19/h5-7H,1-4H2,(H2,17,19). The fourth-order valence-electron chi connectivity index (χ4n) is 2.27. The number of nitrogens with two attached hydrogens (primary N) is 1. The third kappa shape index (κ3) is 2.98. The van der Waals surface area contributed by atoms with Crippen molar-refractivity contribution in [3.63, 3.8) is 0 Å². The van der Waals surface area contributed by atoms with E-state index in [-0.39, 0.29) is 23.5 Å². The maximum absolute atomic E-state index is 13.7. The Labute approximate surface area is 123 Å². The minimum Gasteiger partial charge on any atom is -0.369 e. The Balaban J connectivity index is 2.16. The van der Waals surface area contributed by atoms with Gasteiger partial charge in [-0.25, -0.2) is 8.78 Å². The summed E-state index contributed by atoms with van der Waals surface area (Å²) in [6, 6.07) is 2.10. The number of carbonyl (C=O) groups is 2. The molecule has 1 aromatic rings. The van der Waals surface area contributed by atoms with Gasteiger partial charge in [0.2, 0.25) is 5.91 Å². The van der Waals surface area contributed by atoms with Gasteiger partial charge in [-0.2, -0.15) is 0 Å². The van der Waals surface area contributed by atoms with Crippen LogP contribution in [0.5, 0.6) is 0 Å². The lowest BCUT2D eigenvalue weighted by atomic mass is 9.96. The van der Waals surface area contributed by atoms with Crippen molar-refractivity contribution in [3.8, 4) is 0 Å². The van der Waals surface area contributed by atoms with E-state index in [4.69, 9.17) is 5.73 Å². The molecule has 7 heteroatoms. The van der Waals surface area contributed by atoms with Gasteiger partial charge in [0.05, 0.1) is 0 Å². The van der Waals surface area contributed by atoms with Crippen molar-refractivity contribution in [1.82, 2.24) is 4.90 Å². The van der Waals surface area contributed by atoms with Crippen LogP contribution in [0.4, 0.5) is 8.78 Å². The maximum atomic E-state index is 13.7. The van der Waals surface area contributed by atoms with Gasteiger partial charge in [-0.3, -0.25) is 9.59 Å². The third-order valence-corrected chi connectivity index (χ3v) is 3.86. The lowest BCUT2D eigenvalue weighted by Crippen LogP contribution is -2.42. The molecule has 0 radical (unpaired) electrons. The van der Waals surface area contributed by atoms with Gasteiger partial charge in [0, 0.05) is 23.5 Å². The highest BCUT2D eigenvalue weighted by Gasteiger charge is 2.29. The molecular weight excluding hydrogens is 334 g/mol. The summed E-state index contributed by atoms with van der Waals surface area (Å²) in [6.07, 6.45) is 0.835. The molecule has 1 fully saturated rings. The van der Waals surface area contributed by atoms with E-state index in [1.54, 1.807) is 0 Å². The molecule has 0 bridgehead atoms. The molecule has 4 nitrogen and oxygen atoms in total. The Morgan fingerprint density at radius 1 is 1.20 bits per heavy atom. The zero-order chi connectivity index (χ0) is 14.9. The second-order valence-corrected chi connectivity index (χ2v) is 5.63. The van der Waals surface area contributed by atoms with Crippen LogP contribution in [0.25, 0.3) is 0 Å². The Morgan fingerprint density at radius 3 is 2.15 bits per heavy atom. The van der Waals surface area contributed by atoms with Crippen molar-refractivity contribution in [3.05, 3.63) is 33.8 Å². The molecule has 20 heavy (non-hydrogen) atoms. The normalized spacial score (nSPS) is 16.2. The van der Waals surface area contributed by atoms with Crippen molar-refractivity contribution in [2.24, 2.45) is 11.7 Å². The number of halogens is 3. The molecule has 1 saturated heterocycles. The predicted octanol–water partition coefficient (Wildman–Crippen LogP) is 2.06. The molecule has 0 spiro atoms. The summed E-state index contributed by atoms with van der Waals surface area (Å²) in [7, 11) is 0. The van der Waals surface area contributed by atoms with Crippen molar-refractivity contribution < 1.29 is 18.4 Å². The van der Waals surface area contributed by atoms with Gasteiger partial charge in [-0.1, -0.05) is 15.9 Å². The quantitative estimate of drug-likeness (QED) is 0.890. The van der Waals surface area contributed by atoms with Crippen LogP contribution in [0.2, 0.25) is 0 Å². The molecule has 0 aromatic heterocycles. The highest BCUT2D eigenvalue weighted by molar-refractivity contribution is 9.10. The fourth-order valence-corrected chi connectivity index (χ4v) is 2.67. The second kappa shape index (κ2) is 5.87. The zero-order valence-corrected chi connectivity index (χ0v) is 12.1. The number of benzene rings is 1. The molecule has 2 amide bonds. The number of piperidine rings is 1. The first kappa shape index (κ1) is 14.9. The van der Waals surface area contributed by atoms with Crippen LogP contribution in [-0.2, 0) is 4.79 Å². The summed E-state index contributed by atoms with van der Waals surface area (Å²) in [5.74, 6) is -3.19. The van der Waals surface area contributed by atoms with Crippen LogP contribution >= 0.6 is 15.9 Å². The number of hydrogen-bond acceptors (Lipinski definition) is 2. The highest BCUT2D eigenvalue weighted by atomic mass is 79.9. The van der Waals surface area contributed by atoms with Gasteiger partial charge >= 0.3 is 0 Å². The van der Waals surface area contributed by atoms with E-state index >= 15 is 0 Å². The Kier molecular flexibility index (Phi) is 4.37. The van der Waals surface area contributed by atoms with Crippen LogP contribution < -0.4 is 5.73 Å². The molecule has 1 aromatic carbocycles. The van der Waals surface area contributed by atoms with E-state index < -0.39 is 29.0 Å².